The molecule has 1 amide bonds. The van der Waals surface area contributed by atoms with Gasteiger partial charge in [0.1, 0.15) is 0 Å². The largest absolute Gasteiger partial charge is 0.378 e. The zero-order valence-electron chi connectivity index (χ0n) is 12.1. The number of hydrogen-bond donors (Lipinski definition) is 2. The predicted molar refractivity (Wildman–Crippen MR) is 90.5 cm³/mol. The van der Waals surface area contributed by atoms with Crippen LogP contribution >= 0.6 is 23.1 Å². The number of carbonyl (C=O) groups excluding carboxylic acids is 1. The average Bonchev–Trinajstić information content (AvgIpc) is 2.95. The Morgan fingerprint density at radius 3 is 2.71 bits per heavy atom. The number of rotatable bonds is 3. The number of hydrogen-bond acceptors (Lipinski definition) is 4. The third-order valence-electron chi connectivity index (χ3n) is 3.62. The summed E-state index contributed by atoms with van der Waals surface area (Å²) in [4.78, 5) is 11.6. The fourth-order valence-electron chi connectivity index (χ4n) is 2.55. The molecule has 0 fully saturated rings. The number of benzene rings is 1. The Labute approximate surface area is 133 Å². The third kappa shape index (κ3) is 3.09. The fraction of sp³-hybridized carbons (Fsp3) is 0.312. The minimum Gasteiger partial charge on any atom is -0.378 e. The number of carbonyl (C=O) groups is 1. The van der Waals surface area contributed by atoms with Gasteiger partial charge in [-0.15, -0.1) is 23.1 Å². The molecule has 1 aliphatic heterocycles. The van der Waals surface area contributed by atoms with Crippen molar-refractivity contribution in [3.05, 3.63) is 46.8 Å². The fourth-order valence-corrected chi connectivity index (χ4v) is 5.12. The Hall–Kier alpha value is -1.46. The van der Waals surface area contributed by atoms with Gasteiger partial charge in [-0.3, -0.25) is 4.79 Å². The molecule has 110 valence electrons. The Kier molecular flexibility index (Phi) is 4.22. The van der Waals surface area contributed by atoms with Gasteiger partial charge in [-0.2, -0.15) is 0 Å². The van der Waals surface area contributed by atoms with Crippen molar-refractivity contribution in [3.8, 4) is 0 Å². The van der Waals surface area contributed by atoms with Crippen molar-refractivity contribution in [1.29, 1.82) is 0 Å². The molecule has 2 aromatic rings. The number of amides is 1. The van der Waals surface area contributed by atoms with Gasteiger partial charge >= 0.3 is 0 Å². The molecule has 3 rings (SSSR count). The highest BCUT2D eigenvalue weighted by atomic mass is 32.2. The summed E-state index contributed by atoms with van der Waals surface area (Å²) >= 11 is 3.79. The Morgan fingerprint density at radius 2 is 2.00 bits per heavy atom. The van der Waals surface area contributed by atoms with Gasteiger partial charge in [0.2, 0.25) is 0 Å². The van der Waals surface area contributed by atoms with Crippen molar-refractivity contribution in [3.63, 3.8) is 0 Å². The molecule has 0 bridgehead atoms. The minimum atomic E-state index is -0.0515. The van der Waals surface area contributed by atoms with Gasteiger partial charge in [0.15, 0.2) is 0 Å². The number of anilines is 1. The molecule has 0 spiro atoms. The molecule has 0 radical (unpaired) electrons. The van der Waals surface area contributed by atoms with Gasteiger partial charge in [0.25, 0.3) is 5.91 Å². The topological polar surface area (TPSA) is 41.1 Å². The van der Waals surface area contributed by atoms with Crippen LogP contribution in [0.2, 0.25) is 0 Å². The molecule has 1 aromatic heterocycles. The lowest BCUT2D eigenvalue weighted by atomic mass is 10.0. The van der Waals surface area contributed by atoms with E-state index in [0.717, 1.165) is 12.1 Å². The van der Waals surface area contributed by atoms with Crippen molar-refractivity contribution < 1.29 is 4.79 Å². The predicted octanol–water partition coefficient (Wildman–Crippen LogP) is 4.15. The lowest BCUT2D eigenvalue weighted by Gasteiger charge is -2.28. The van der Waals surface area contributed by atoms with Gasteiger partial charge in [-0.25, -0.2) is 0 Å². The summed E-state index contributed by atoms with van der Waals surface area (Å²) in [6.07, 6.45) is 1.12. The standard InChI is InChI=1S/C16H18N2OS2/c1-10-9-14(13-7-8-20-16(13)21-10)18-12-5-3-11(4-6-12)15(19)17-2/h3-8,10,14,18H,9H2,1-2H3,(H,17,19)/t10-,14?/m0/s1. The van der Waals surface area contributed by atoms with Gasteiger partial charge in [-0.1, -0.05) is 6.92 Å². The van der Waals surface area contributed by atoms with Crippen LogP contribution in [-0.4, -0.2) is 18.2 Å². The Morgan fingerprint density at radius 1 is 1.24 bits per heavy atom. The van der Waals surface area contributed by atoms with E-state index in [-0.39, 0.29) is 5.91 Å². The number of nitrogens with one attached hydrogen (secondary N) is 2. The van der Waals surface area contributed by atoms with Crippen molar-refractivity contribution in [2.75, 3.05) is 12.4 Å². The maximum Gasteiger partial charge on any atom is 0.251 e. The van der Waals surface area contributed by atoms with Gasteiger partial charge in [0.05, 0.1) is 10.3 Å². The molecule has 5 heteroatoms. The van der Waals surface area contributed by atoms with Crippen LogP contribution in [-0.2, 0) is 0 Å². The summed E-state index contributed by atoms with van der Waals surface area (Å²) in [7, 11) is 1.65. The van der Waals surface area contributed by atoms with Crippen LogP contribution in [0.5, 0.6) is 0 Å². The highest BCUT2D eigenvalue weighted by Gasteiger charge is 2.26. The highest BCUT2D eigenvalue weighted by molar-refractivity contribution is 8.01. The first-order valence-corrected chi connectivity index (χ1v) is 8.76. The third-order valence-corrected chi connectivity index (χ3v) is 5.97. The monoisotopic (exact) mass is 318 g/mol. The smallest absolute Gasteiger partial charge is 0.251 e. The maximum atomic E-state index is 11.6. The molecule has 1 unspecified atom stereocenters. The molecule has 2 N–H and O–H groups in total. The quantitative estimate of drug-likeness (QED) is 0.893. The van der Waals surface area contributed by atoms with E-state index >= 15 is 0 Å². The van der Waals surface area contributed by atoms with Crippen molar-refractivity contribution in [2.24, 2.45) is 0 Å². The molecule has 1 aromatic carbocycles. The van der Waals surface area contributed by atoms with Crippen LogP contribution < -0.4 is 10.6 Å². The molecule has 1 aliphatic rings. The van der Waals surface area contributed by atoms with E-state index in [1.165, 1.54) is 9.77 Å². The lowest BCUT2D eigenvalue weighted by molar-refractivity contribution is 0.0963. The molecule has 2 atom stereocenters. The van der Waals surface area contributed by atoms with E-state index in [1.807, 2.05) is 47.4 Å². The van der Waals surface area contributed by atoms with Crippen molar-refractivity contribution >= 4 is 34.7 Å². The van der Waals surface area contributed by atoms with Gasteiger partial charge < -0.3 is 10.6 Å². The van der Waals surface area contributed by atoms with Crippen LogP contribution in [0, 0.1) is 0 Å². The molecule has 0 aliphatic carbocycles. The molecule has 0 saturated heterocycles. The summed E-state index contributed by atoms with van der Waals surface area (Å²) in [6, 6.07) is 10.2. The van der Waals surface area contributed by atoms with Crippen LogP contribution in [0.3, 0.4) is 0 Å². The van der Waals surface area contributed by atoms with Crippen LogP contribution in [0.25, 0.3) is 0 Å². The first-order chi connectivity index (χ1) is 10.2. The van der Waals surface area contributed by atoms with E-state index in [1.54, 1.807) is 7.05 Å². The normalized spacial score (nSPS) is 20.7. The number of fused-ring (bicyclic) bond motifs is 1. The summed E-state index contributed by atoms with van der Waals surface area (Å²) < 4.78 is 1.42. The zero-order valence-corrected chi connectivity index (χ0v) is 13.7. The van der Waals surface area contributed by atoms with E-state index < -0.39 is 0 Å². The van der Waals surface area contributed by atoms with Gasteiger partial charge in [0, 0.05) is 23.5 Å². The van der Waals surface area contributed by atoms with Crippen molar-refractivity contribution in [2.45, 2.75) is 28.8 Å². The van der Waals surface area contributed by atoms with E-state index in [9.17, 15) is 4.79 Å². The van der Waals surface area contributed by atoms with E-state index in [4.69, 9.17) is 0 Å². The summed E-state index contributed by atoms with van der Waals surface area (Å²) in [5, 5.41) is 9.03. The second kappa shape index (κ2) is 6.12. The number of thiophene rings is 1. The second-order valence-corrected chi connectivity index (χ2v) is 7.80. The van der Waals surface area contributed by atoms with E-state index in [0.29, 0.717) is 16.9 Å². The lowest BCUT2D eigenvalue weighted by Crippen LogP contribution is -2.19. The Balaban J connectivity index is 1.77. The summed E-state index contributed by atoms with van der Waals surface area (Å²) in [6.45, 7) is 2.27. The SMILES string of the molecule is CNC(=O)c1ccc(NC2C[C@H](C)Sc3sccc32)cc1. The number of thioether (sulfide) groups is 1. The molecule has 21 heavy (non-hydrogen) atoms. The molecule has 3 nitrogen and oxygen atoms in total. The molecule has 0 saturated carbocycles. The van der Waals surface area contributed by atoms with Crippen LogP contribution in [0.15, 0.2) is 39.9 Å². The molecule has 2 heterocycles. The Bertz CT molecular complexity index is 636. The van der Waals surface area contributed by atoms with Crippen LogP contribution in [0.1, 0.15) is 35.3 Å². The second-order valence-electron chi connectivity index (χ2n) is 5.18. The summed E-state index contributed by atoms with van der Waals surface area (Å²) in [5.74, 6) is -0.0515. The zero-order chi connectivity index (χ0) is 14.8. The first kappa shape index (κ1) is 14.5. The average molecular weight is 318 g/mol. The van der Waals surface area contributed by atoms with E-state index in [2.05, 4.69) is 29.0 Å². The van der Waals surface area contributed by atoms with Gasteiger partial charge in [-0.05, 0) is 47.7 Å². The maximum absolute atomic E-state index is 11.6. The van der Waals surface area contributed by atoms with Crippen LogP contribution in [0.4, 0.5) is 5.69 Å². The first-order valence-electron chi connectivity index (χ1n) is 7.00. The highest BCUT2D eigenvalue weighted by Crippen LogP contribution is 2.44. The molecular formula is C16H18N2OS2. The van der Waals surface area contributed by atoms with Crippen molar-refractivity contribution in [1.82, 2.24) is 5.32 Å². The summed E-state index contributed by atoms with van der Waals surface area (Å²) in [5.41, 5.74) is 3.15. The minimum absolute atomic E-state index is 0.0515. The molecular weight excluding hydrogens is 300 g/mol.